The van der Waals surface area contributed by atoms with Gasteiger partial charge in [0.25, 0.3) is 0 Å². The number of nitrogens with zero attached hydrogens (tertiary/aromatic N) is 2. The molecule has 1 amide bonds. The number of amides is 1. The van der Waals surface area contributed by atoms with Crippen molar-refractivity contribution in [2.75, 3.05) is 26.2 Å². The van der Waals surface area contributed by atoms with Crippen LogP contribution in [0.15, 0.2) is 30.3 Å². The highest BCUT2D eigenvalue weighted by Crippen LogP contribution is 2.55. The largest absolute Gasteiger partial charge is 0.395 e. The summed E-state index contributed by atoms with van der Waals surface area (Å²) in [5.41, 5.74) is 1.38. The lowest BCUT2D eigenvalue weighted by Crippen LogP contribution is -2.85. The molecule has 1 aromatic carbocycles. The van der Waals surface area contributed by atoms with Gasteiger partial charge < -0.3 is 10.0 Å². The summed E-state index contributed by atoms with van der Waals surface area (Å²) in [7, 11) is 0. The Bertz CT molecular complexity index is 660. The highest BCUT2D eigenvalue weighted by atomic mass is 16.3. The molecule has 1 N–H and O–H groups in total. The fraction of sp³-hybridized carbons (Fsp3) is 0.682. The minimum Gasteiger partial charge on any atom is -0.395 e. The first-order valence-electron chi connectivity index (χ1n) is 10.4. The summed E-state index contributed by atoms with van der Waals surface area (Å²) in [5.74, 6) is 1.79. The molecular formula is C22H30N2O2. The van der Waals surface area contributed by atoms with Crippen molar-refractivity contribution in [3.8, 4) is 0 Å². The van der Waals surface area contributed by atoms with E-state index in [1.54, 1.807) is 0 Å². The van der Waals surface area contributed by atoms with Crippen LogP contribution in [0.3, 0.4) is 0 Å². The van der Waals surface area contributed by atoms with Gasteiger partial charge in [0.1, 0.15) is 0 Å². The monoisotopic (exact) mass is 354 g/mol. The van der Waals surface area contributed by atoms with Crippen molar-refractivity contribution in [2.24, 2.45) is 11.8 Å². The van der Waals surface area contributed by atoms with Gasteiger partial charge in [-0.2, -0.15) is 0 Å². The van der Waals surface area contributed by atoms with Gasteiger partial charge in [0.2, 0.25) is 5.91 Å². The Morgan fingerprint density at radius 2 is 1.77 bits per heavy atom. The molecule has 2 atom stereocenters. The number of carbonyl (C=O) groups excluding carboxylic acids is 1. The maximum absolute atomic E-state index is 12.5. The molecule has 0 bridgehead atoms. The van der Waals surface area contributed by atoms with Crippen LogP contribution in [0, 0.1) is 11.8 Å². The van der Waals surface area contributed by atoms with Crippen molar-refractivity contribution < 1.29 is 9.90 Å². The summed E-state index contributed by atoms with van der Waals surface area (Å²) in [5, 5.41) is 10.2. The molecule has 4 aliphatic rings. The van der Waals surface area contributed by atoms with Gasteiger partial charge in [-0.25, -0.2) is 0 Å². The first-order chi connectivity index (χ1) is 12.7. The molecule has 0 unspecified atom stereocenters. The van der Waals surface area contributed by atoms with E-state index in [0.29, 0.717) is 17.7 Å². The van der Waals surface area contributed by atoms with E-state index in [4.69, 9.17) is 0 Å². The number of benzene rings is 1. The third-order valence-electron chi connectivity index (χ3n) is 7.38. The first kappa shape index (κ1) is 16.8. The summed E-state index contributed by atoms with van der Waals surface area (Å²) in [6.45, 7) is 3.01. The molecule has 2 saturated heterocycles. The topological polar surface area (TPSA) is 43.8 Å². The SMILES string of the molecule is O=C(C1CC1)N1CC2(C1)[C@H](c1ccccc1)[C@H](CO)N2CC1CCCC1. The molecule has 2 heterocycles. The Morgan fingerprint density at radius 3 is 2.38 bits per heavy atom. The first-order valence-corrected chi connectivity index (χ1v) is 10.4. The van der Waals surface area contributed by atoms with Gasteiger partial charge in [0, 0.05) is 37.5 Å². The number of carbonyl (C=O) groups is 1. The van der Waals surface area contributed by atoms with E-state index in [0.717, 1.165) is 38.4 Å². The molecule has 26 heavy (non-hydrogen) atoms. The molecule has 4 fully saturated rings. The fourth-order valence-corrected chi connectivity index (χ4v) is 5.89. The normalized spacial score (nSPS) is 31.0. The maximum atomic E-state index is 12.5. The fourth-order valence-electron chi connectivity index (χ4n) is 5.89. The Kier molecular flexibility index (Phi) is 4.09. The van der Waals surface area contributed by atoms with Crippen LogP contribution in [0.4, 0.5) is 0 Å². The lowest BCUT2D eigenvalue weighted by atomic mass is 9.60. The van der Waals surface area contributed by atoms with Gasteiger partial charge >= 0.3 is 0 Å². The van der Waals surface area contributed by atoms with Gasteiger partial charge in [-0.1, -0.05) is 43.2 Å². The second kappa shape index (κ2) is 6.35. The van der Waals surface area contributed by atoms with Crippen LogP contribution in [0.2, 0.25) is 0 Å². The molecule has 2 aliphatic carbocycles. The Morgan fingerprint density at radius 1 is 1.08 bits per heavy atom. The molecule has 5 rings (SSSR count). The number of rotatable bonds is 5. The molecule has 1 aromatic rings. The Hall–Kier alpha value is -1.39. The van der Waals surface area contributed by atoms with Crippen LogP contribution in [0.25, 0.3) is 0 Å². The number of hydrogen-bond donors (Lipinski definition) is 1. The molecular weight excluding hydrogens is 324 g/mol. The second-order valence-corrected chi connectivity index (χ2v) is 9.01. The molecule has 0 radical (unpaired) electrons. The summed E-state index contributed by atoms with van der Waals surface area (Å²) >= 11 is 0. The molecule has 140 valence electrons. The summed E-state index contributed by atoms with van der Waals surface area (Å²) in [4.78, 5) is 17.2. The standard InChI is InChI=1S/C22H30N2O2/c25-13-19-20(17-8-2-1-3-9-17)22(24(19)12-16-6-4-5-7-16)14-23(15-22)21(26)18-10-11-18/h1-3,8-9,16,18-20,25H,4-7,10-15H2/t19-,20+/m0/s1. The second-order valence-electron chi connectivity index (χ2n) is 9.01. The Balaban J connectivity index is 1.39. The average Bonchev–Trinajstić information content (AvgIpc) is 3.34. The highest BCUT2D eigenvalue weighted by molar-refractivity contribution is 5.82. The van der Waals surface area contributed by atoms with E-state index in [-0.39, 0.29) is 18.2 Å². The minimum atomic E-state index is 0.0574. The van der Waals surface area contributed by atoms with Crippen molar-refractivity contribution in [3.63, 3.8) is 0 Å². The predicted octanol–water partition coefficient (Wildman–Crippen LogP) is 2.63. The van der Waals surface area contributed by atoms with Gasteiger partial charge in [-0.15, -0.1) is 0 Å². The average molecular weight is 354 g/mol. The maximum Gasteiger partial charge on any atom is 0.225 e. The van der Waals surface area contributed by atoms with Crippen LogP contribution >= 0.6 is 0 Å². The predicted molar refractivity (Wildman–Crippen MR) is 101 cm³/mol. The van der Waals surface area contributed by atoms with Crippen LogP contribution in [0.5, 0.6) is 0 Å². The zero-order chi connectivity index (χ0) is 17.7. The van der Waals surface area contributed by atoms with E-state index in [9.17, 15) is 9.90 Å². The van der Waals surface area contributed by atoms with Gasteiger partial charge in [-0.3, -0.25) is 9.69 Å². The van der Waals surface area contributed by atoms with Crippen LogP contribution < -0.4 is 0 Å². The number of likely N-dealkylation sites (tertiary alicyclic amines) is 2. The molecule has 2 saturated carbocycles. The summed E-state index contributed by atoms with van der Waals surface area (Å²) < 4.78 is 0. The third-order valence-corrected chi connectivity index (χ3v) is 7.38. The number of aliphatic hydroxyl groups excluding tert-OH is 1. The van der Waals surface area contributed by atoms with Crippen LogP contribution in [0.1, 0.15) is 50.0 Å². The number of hydrogen-bond acceptors (Lipinski definition) is 3. The zero-order valence-corrected chi connectivity index (χ0v) is 15.5. The van der Waals surface area contributed by atoms with Crippen molar-refractivity contribution >= 4 is 5.91 Å². The van der Waals surface area contributed by atoms with E-state index < -0.39 is 0 Å². The highest BCUT2D eigenvalue weighted by Gasteiger charge is 2.66. The molecule has 0 aromatic heterocycles. The third kappa shape index (κ3) is 2.53. The minimum absolute atomic E-state index is 0.0574. The van der Waals surface area contributed by atoms with Crippen molar-refractivity contribution in [1.29, 1.82) is 0 Å². The van der Waals surface area contributed by atoms with Crippen molar-refractivity contribution in [1.82, 2.24) is 9.80 Å². The van der Waals surface area contributed by atoms with Crippen molar-refractivity contribution in [3.05, 3.63) is 35.9 Å². The summed E-state index contributed by atoms with van der Waals surface area (Å²) in [6, 6.07) is 10.9. The molecule has 2 aliphatic heterocycles. The molecule has 1 spiro atoms. The van der Waals surface area contributed by atoms with Gasteiger partial charge in [0.15, 0.2) is 0 Å². The lowest BCUT2D eigenvalue weighted by molar-refractivity contribution is -0.200. The molecule has 4 nitrogen and oxygen atoms in total. The lowest BCUT2D eigenvalue weighted by Gasteiger charge is -2.71. The van der Waals surface area contributed by atoms with E-state index >= 15 is 0 Å². The summed E-state index contributed by atoms with van der Waals surface area (Å²) in [6.07, 6.45) is 7.51. The van der Waals surface area contributed by atoms with E-state index in [1.807, 2.05) is 0 Å². The van der Waals surface area contributed by atoms with E-state index in [2.05, 4.69) is 40.1 Å². The Labute approximate surface area is 156 Å². The van der Waals surface area contributed by atoms with Gasteiger partial charge in [0.05, 0.1) is 12.1 Å². The van der Waals surface area contributed by atoms with Crippen LogP contribution in [-0.4, -0.2) is 58.6 Å². The van der Waals surface area contributed by atoms with Crippen molar-refractivity contribution in [2.45, 2.75) is 56.0 Å². The zero-order valence-electron chi connectivity index (χ0n) is 15.5. The smallest absolute Gasteiger partial charge is 0.225 e. The van der Waals surface area contributed by atoms with Crippen LogP contribution in [-0.2, 0) is 4.79 Å². The molecule has 4 heteroatoms. The van der Waals surface area contributed by atoms with Gasteiger partial charge in [-0.05, 0) is 37.2 Å². The van der Waals surface area contributed by atoms with E-state index in [1.165, 1.54) is 31.2 Å². The number of aliphatic hydroxyl groups is 1. The quantitative estimate of drug-likeness (QED) is 0.884.